The molecule has 0 aromatic carbocycles. The van der Waals surface area contributed by atoms with Gasteiger partial charge in [0.1, 0.15) is 0 Å². The van der Waals surface area contributed by atoms with E-state index < -0.39 is 15.1 Å². The normalized spacial score (nSPS) is 11.8. The van der Waals surface area contributed by atoms with Crippen molar-refractivity contribution in [3.63, 3.8) is 0 Å². The van der Waals surface area contributed by atoms with E-state index in [-0.39, 0.29) is 19.7 Å². The Balaban J connectivity index is 0. The molecule has 4 heteroatoms. The lowest BCUT2D eigenvalue weighted by molar-refractivity contribution is 0.0335. The van der Waals surface area contributed by atoms with Crippen LogP contribution in [0.25, 0.3) is 0 Å². The fourth-order valence-corrected chi connectivity index (χ4v) is 2.29. The first-order chi connectivity index (χ1) is 5.91. The second kappa shape index (κ2) is 6.81. The monoisotopic (exact) mass is 206 g/mol. The Morgan fingerprint density at radius 1 is 0.692 bits per heavy atom. The van der Waals surface area contributed by atoms with Gasteiger partial charge in [-0.05, 0) is 41.5 Å². The Labute approximate surface area is 88.2 Å². The molecule has 0 heterocycles. The molecule has 0 aliphatic heterocycles. The van der Waals surface area contributed by atoms with E-state index >= 15 is 0 Å². The van der Waals surface area contributed by atoms with E-state index in [1.54, 1.807) is 0 Å². The van der Waals surface area contributed by atoms with Crippen molar-refractivity contribution >= 4 is 15.1 Å². The first-order valence-corrected chi connectivity index (χ1v) is 6.29. The van der Waals surface area contributed by atoms with Gasteiger partial charge in [0.05, 0.1) is 0 Å². The van der Waals surface area contributed by atoms with Crippen LogP contribution in [0.4, 0.5) is 0 Å². The van der Waals surface area contributed by atoms with Gasteiger partial charge in [0, 0.05) is 19.7 Å². The van der Waals surface area contributed by atoms with Crippen LogP contribution in [-0.2, 0) is 11.4 Å². The summed E-state index contributed by atoms with van der Waals surface area (Å²) < 4.78 is 16.7. The second-order valence-corrected chi connectivity index (χ2v) is 5.24. The average Bonchev–Trinajstić information content (AvgIpc) is 1.80. The van der Waals surface area contributed by atoms with Gasteiger partial charge in [0.2, 0.25) is 0 Å². The first-order valence-electron chi connectivity index (χ1n) is 4.88. The zero-order valence-corrected chi connectivity index (χ0v) is 10.7. The molecule has 0 fully saturated rings. The van der Waals surface area contributed by atoms with Gasteiger partial charge < -0.3 is 11.4 Å². The third-order valence-electron chi connectivity index (χ3n) is 1.15. The van der Waals surface area contributed by atoms with Gasteiger partial charge in [-0.15, -0.1) is 0 Å². The van der Waals surface area contributed by atoms with Gasteiger partial charge in [0.25, 0.3) is 0 Å². The van der Waals surface area contributed by atoms with Crippen molar-refractivity contribution in [3.05, 3.63) is 0 Å². The van der Waals surface area contributed by atoms with E-state index in [0.29, 0.717) is 0 Å². The number of hydrogen-bond acceptors (Lipinski definition) is 3. The summed E-state index contributed by atoms with van der Waals surface area (Å²) in [6.07, 6.45) is 0.525. The highest BCUT2D eigenvalue weighted by Crippen LogP contribution is 2.04. The number of rotatable bonds is 6. The van der Waals surface area contributed by atoms with Crippen LogP contribution in [0.15, 0.2) is 0 Å². The molecule has 13 heavy (non-hydrogen) atoms. The summed E-state index contributed by atoms with van der Waals surface area (Å²) in [5, 5.41) is 0. The molecule has 0 spiro atoms. The lowest BCUT2D eigenvalue weighted by Gasteiger charge is -2.19. The summed E-state index contributed by atoms with van der Waals surface area (Å²) in [7, 11) is 0. The quantitative estimate of drug-likeness (QED) is 0.625. The average molecular weight is 206 g/mol. The van der Waals surface area contributed by atoms with Gasteiger partial charge in [-0.2, -0.15) is 0 Å². The molecule has 0 rings (SSSR count). The van der Waals surface area contributed by atoms with Crippen LogP contribution < -0.4 is 0 Å². The Kier molecular flexibility index (Phi) is 7.02. The molecule has 3 nitrogen and oxygen atoms in total. The molecule has 0 bridgehead atoms. The summed E-state index contributed by atoms with van der Waals surface area (Å²) >= 11 is -1.91. The zero-order chi connectivity index (χ0) is 10.4. The predicted octanol–water partition coefficient (Wildman–Crippen LogP) is 2.49. The topological polar surface area (TPSA) is 27.7 Å². The maximum atomic E-state index is 5.57. The molecule has 0 amide bonds. The smallest absolute Gasteiger partial charge is 0.452 e. The number of hydrogen-bond donors (Lipinski definition) is 0. The highest BCUT2D eigenvalue weighted by atomic mass is 27.3. The standard InChI is InChI=1S/3C3H7O.Al.H2/c3*1-3(2)4;;/h3*3H,1-2H3;;1H/q3*-1;+3;. The van der Waals surface area contributed by atoms with Gasteiger partial charge >= 0.3 is 15.1 Å². The van der Waals surface area contributed by atoms with Gasteiger partial charge in [-0.3, -0.25) is 0 Å². The lowest BCUT2D eigenvalue weighted by Crippen LogP contribution is -2.34. The Morgan fingerprint density at radius 2 is 0.923 bits per heavy atom. The van der Waals surface area contributed by atoms with Gasteiger partial charge in [0.15, 0.2) is 0 Å². The largest absolute Gasteiger partial charge is 0.906 e. The van der Waals surface area contributed by atoms with E-state index in [4.69, 9.17) is 11.4 Å². The minimum absolute atomic E-state index is 0. The summed E-state index contributed by atoms with van der Waals surface area (Å²) in [6, 6.07) is 0. The van der Waals surface area contributed by atoms with Crippen molar-refractivity contribution in [3.8, 4) is 0 Å². The SMILES string of the molecule is CC(C)[O][Al]([O]C(C)C)[O]C(C)C.[HH]. The van der Waals surface area contributed by atoms with E-state index in [1.807, 2.05) is 41.5 Å². The van der Waals surface area contributed by atoms with Crippen molar-refractivity contribution in [2.75, 3.05) is 0 Å². The molecule has 0 atom stereocenters. The molecule has 0 N–H and O–H groups in total. The molecule has 0 aliphatic carbocycles. The highest BCUT2D eigenvalue weighted by Gasteiger charge is 2.34. The minimum atomic E-state index is -1.91. The van der Waals surface area contributed by atoms with Crippen LogP contribution in [-0.4, -0.2) is 33.5 Å². The van der Waals surface area contributed by atoms with Gasteiger partial charge in [-0.25, -0.2) is 0 Å². The molecular weight excluding hydrogens is 183 g/mol. The van der Waals surface area contributed by atoms with Gasteiger partial charge in [-0.1, -0.05) is 0 Å². The van der Waals surface area contributed by atoms with Crippen LogP contribution >= 0.6 is 0 Å². The van der Waals surface area contributed by atoms with Crippen LogP contribution in [0.5, 0.6) is 0 Å². The summed E-state index contributed by atoms with van der Waals surface area (Å²) in [5.74, 6) is 0. The van der Waals surface area contributed by atoms with E-state index in [9.17, 15) is 0 Å². The lowest BCUT2D eigenvalue weighted by atomic mass is 10.5. The Morgan fingerprint density at radius 3 is 1.08 bits per heavy atom. The van der Waals surface area contributed by atoms with Crippen molar-refractivity contribution in [1.29, 1.82) is 0 Å². The van der Waals surface area contributed by atoms with Crippen LogP contribution in [0, 0.1) is 0 Å². The summed E-state index contributed by atoms with van der Waals surface area (Å²) in [4.78, 5) is 0. The third-order valence-corrected chi connectivity index (χ3v) is 3.45. The van der Waals surface area contributed by atoms with Crippen molar-refractivity contribution in [2.45, 2.75) is 59.9 Å². The van der Waals surface area contributed by atoms with E-state index in [1.165, 1.54) is 0 Å². The minimum Gasteiger partial charge on any atom is -0.452 e. The molecule has 0 unspecified atom stereocenters. The van der Waals surface area contributed by atoms with Crippen LogP contribution in [0.1, 0.15) is 43.0 Å². The zero-order valence-electron chi connectivity index (χ0n) is 9.53. The van der Waals surface area contributed by atoms with Crippen molar-refractivity contribution < 1.29 is 12.8 Å². The molecule has 0 aliphatic rings. The predicted molar refractivity (Wildman–Crippen MR) is 56.5 cm³/mol. The second-order valence-electron chi connectivity index (χ2n) is 3.84. The molecule has 0 saturated heterocycles. The highest BCUT2D eigenvalue weighted by molar-refractivity contribution is 6.36. The Bertz CT molecular complexity index is 107. The summed E-state index contributed by atoms with van der Waals surface area (Å²) in [5.41, 5.74) is 0. The molecule has 0 saturated carbocycles. The van der Waals surface area contributed by atoms with Crippen molar-refractivity contribution in [2.24, 2.45) is 0 Å². The van der Waals surface area contributed by atoms with Crippen molar-refractivity contribution in [1.82, 2.24) is 0 Å². The molecule has 80 valence electrons. The third kappa shape index (κ3) is 8.73. The fourth-order valence-electron chi connectivity index (χ4n) is 0.763. The van der Waals surface area contributed by atoms with Crippen LogP contribution in [0.2, 0.25) is 0 Å². The summed E-state index contributed by atoms with van der Waals surface area (Å²) in [6.45, 7) is 12.0. The Hall–Kier alpha value is 0.412. The maximum Gasteiger partial charge on any atom is 0.906 e. The molecule has 0 aromatic heterocycles. The van der Waals surface area contributed by atoms with E-state index in [2.05, 4.69) is 0 Å². The fraction of sp³-hybridized carbons (Fsp3) is 1.00. The first kappa shape index (κ1) is 13.4. The maximum absolute atomic E-state index is 5.57. The molecule has 0 aromatic rings. The van der Waals surface area contributed by atoms with Crippen LogP contribution in [0.3, 0.4) is 0 Å². The molecule has 0 radical (unpaired) electrons. The molecular formula is C9H23AlO3. The van der Waals surface area contributed by atoms with E-state index in [0.717, 1.165) is 0 Å².